The van der Waals surface area contributed by atoms with Gasteiger partial charge < -0.3 is 10.6 Å². The molecule has 1 amide bonds. The van der Waals surface area contributed by atoms with Crippen LogP contribution in [0.25, 0.3) is 0 Å². The monoisotopic (exact) mass is 346 g/mol. The van der Waals surface area contributed by atoms with Gasteiger partial charge in [-0.05, 0) is 30.7 Å². The summed E-state index contributed by atoms with van der Waals surface area (Å²) in [6.45, 7) is 5.96. The number of aryl methyl sites for hydroxylation is 1. The molecule has 2 N–H and O–H groups in total. The SMILES string of the molecule is C=CCNC(=O)c1ccnc(Nc2ccc(C)c(Br)c2)n1. The van der Waals surface area contributed by atoms with E-state index in [4.69, 9.17) is 0 Å². The van der Waals surface area contributed by atoms with Crippen LogP contribution in [0.5, 0.6) is 0 Å². The first kappa shape index (κ1) is 15.2. The molecule has 0 bridgehead atoms. The van der Waals surface area contributed by atoms with Gasteiger partial charge in [0.25, 0.3) is 5.91 Å². The Balaban J connectivity index is 2.15. The zero-order valence-electron chi connectivity index (χ0n) is 11.6. The van der Waals surface area contributed by atoms with Crippen LogP contribution in [-0.2, 0) is 0 Å². The fourth-order valence-corrected chi connectivity index (χ4v) is 1.98. The lowest BCUT2D eigenvalue weighted by Gasteiger charge is -2.08. The van der Waals surface area contributed by atoms with Crippen molar-refractivity contribution in [3.63, 3.8) is 0 Å². The lowest BCUT2D eigenvalue weighted by molar-refractivity contribution is 0.0953. The molecule has 5 nitrogen and oxygen atoms in total. The van der Waals surface area contributed by atoms with Crippen LogP contribution in [0.1, 0.15) is 16.1 Å². The molecule has 21 heavy (non-hydrogen) atoms. The van der Waals surface area contributed by atoms with E-state index in [-0.39, 0.29) is 5.91 Å². The Labute approximate surface area is 131 Å². The van der Waals surface area contributed by atoms with Crippen molar-refractivity contribution in [2.45, 2.75) is 6.92 Å². The van der Waals surface area contributed by atoms with Crippen LogP contribution in [0.15, 0.2) is 47.6 Å². The fraction of sp³-hybridized carbons (Fsp3) is 0.133. The van der Waals surface area contributed by atoms with Crippen LogP contribution >= 0.6 is 15.9 Å². The third-order valence-corrected chi connectivity index (χ3v) is 3.58. The highest BCUT2D eigenvalue weighted by atomic mass is 79.9. The Bertz CT molecular complexity index is 672. The largest absolute Gasteiger partial charge is 0.347 e. The number of hydrogen-bond acceptors (Lipinski definition) is 4. The maximum atomic E-state index is 11.8. The zero-order chi connectivity index (χ0) is 15.2. The first-order chi connectivity index (χ1) is 10.1. The number of rotatable bonds is 5. The number of carbonyl (C=O) groups is 1. The molecule has 108 valence electrons. The van der Waals surface area contributed by atoms with E-state index in [1.807, 2.05) is 25.1 Å². The number of amides is 1. The van der Waals surface area contributed by atoms with Crippen molar-refractivity contribution in [2.75, 3.05) is 11.9 Å². The molecule has 0 saturated carbocycles. The highest BCUT2D eigenvalue weighted by Crippen LogP contribution is 2.22. The lowest BCUT2D eigenvalue weighted by atomic mass is 10.2. The predicted molar refractivity (Wildman–Crippen MR) is 86.7 cm³/mol. The Morgan fingerprint density at radius 1 is 1.43 bits per heavy atom. The summed E-state index contributed by atoms with van der Waals surface area (Å²) in [5.74, 6) is 0.113. The third kappa shape index (κ3) is 4.13. The Morgan fingerprint density at radius 3 is 2.95 bits per heavy atom. The second-order valence-corrected chi connectivity index (χ2v) is 5.21. The van der Waals surface area contributed by atoms with Gasteiger partial charge in [0.15, 0.2) is 0 Å². The number of anilines is 2. The van der Waals surface area contributed by atoms with E-state index >= 15 is 0 Å². The lowest BCUT2D eigenvalue weighted by Crippen LogP contribution is -2.24. The molecule has 0 atom stereocenters. The second-order valence-electron chi connectivity index (χ2n) is 4.35. The van der Waals surface area contributed by atoms with E-state index < -0.39 is 0 Å². The summed E-state index contributed by atoms with van der Waals surface area (Å²) in [5, 5.41) is 5.74. The summed E-state index contributed by atoms with van der Waals surface area (Å²) in [4.78, 5) is 20.1. The summed E-state index contributed by atoms with van der Waals surface area (Å²) in [6.07, 6.45) is 3.16. The van der Waals surface area contributed by atoms with Gasteiger partial charge in [-0.2, -0.15) is 0 Å². The average Bonchev–Trinajstić information content (AvgIpc) is 2.49. The van der Waals surface area contributed by atoms with Gasteiger partial charge >= 0.3 is 0 Å². The summed E-state index contributed by atoms with van der Waals surface area (Å²) in [5.41, 5.74) is 2.29. The van der Waals surface area contributed by atoms with Crippen LogP contribution in [0, 0.1) is 6.92 Å². The van der Waals surface area contributed by atoms with Gasteiger partial charge in [-0.1, -0.05) is 28.1 Å². The Kier molecular flexibility index (Phi) is 5.05. The average molecular weight is 347 g/mol. The van der Waals surface area contributed by atoms with E-state index in [0.717, 1.165) is 15.7 Å². The quantitative estimate of drug-likeness (QED) is 0.815. The minimum Gasteiger partial charge on any atom is -0.347 e. The van der Waals surface area contributed by atoms with Gasteiger partial charge in [0.1, 0.15) is 5.69 Å². The molecule has 1 aromatic heterocycles. The van der Waals surface area contributed by atoms with Crippen LogP contribution in [0.3, 0.4) is 0 Å². The number of nitrogens with one attached hydrogen (secondary N) is 2. The zero-order valence-corrected chi connectivity index (χ0v) is 13.1. The van der Waals surface area contributed by atoms with Crippen molar-refractivity contribution in [2.24, 2.45) is 0 Å². The molecule has 2 aromatic rings. The molecule has 0 spiro atoms. The fourth-order valence-electron chi connectivity index (χ4n) is 1.60. The van der Waals surface area contributed by atoms with Crippen LogP contribution < -0.4 is 10.6 Å². The number of benzene rings is 1. The molecule has 1 aromatic carbocycles. The van der Waals surface area contributed by atoms with Crippen molar-refractivity contribution in [3.05, 3.63) is 58.8 Å². The highest BCUT2D eigenvalue weighted by Gasteiger charge is 2.08. The van der Waals surface area contributed by atoms with Crippen molar-refractivity contribution in [3.8, 4) is 0 Å². The maximum absolute atomic E-state index is 11.8. The van der Waals surface area contributed by atoms with Crippen LogP contribution in [0.2, 0.25) is 0 Å². The molecule has 2 rings (SSSR count). The van der Waals surface area contributed by atoms with Gasteiger partial charge in [-0.25, -0.2) is 9.97 Å². The molecule has 0 radical (unpaired) electrons. The van der Waals surface area contributed by atoms with Crippen LogP contribution in [0.4, 0.5) is 11.6 Å². The molecule has 0 aliphatic carbocycles. The number of halogens is 1. The smallest absolute Gasteiger partial charge is 0.270 e. The summed E-state index contributed by atoms with van der Waals surface area (Å²) in [6, 6.07) is 7.40. The van der Waals surface area contributed by atoms with Gasteiger partial charge in [-0.3, -0.25) is 4.79 Å². The van der Waals surface area contributed by atoms with E-state index in [2.05, 4.69) is 43.1 Å². The van der Waals surface area contributed by atoms with E-state index in [1.54, 1.807) is 18.3 Å². The minimum atomic E-state index is -0.259. The van der Waals surface area contributed by atoms with E-state index in [9.17, 15) is 4.79 Å². The maximum Gasteiger partial charge on any atom is 0.270 e. The number of carbonyl (C=O) groups excluding carboxylic acids is 1. The number of hydrogen-bond donors (Lipinski definition) is 2. The standard InChI is InChI=1S/C15H15BrN4O/c1-3-7-17-14(21)13-6-8-18-15(20-13)19-11-5-4-10(2)12(16)9-11/h3-6,8-9H,1,7H2,2H3,(H,17,21)(H,18,19,20). The third-order valence-electron chi connectivity index (χ3n) is 2.72. The van der Waals surface area contributed by atoms with Crippen molar-refractivity contribution >= 4 is 33.5 Å². The highest BCUT2D eigenvalue weighted by molar-refractivity contribution is 9.10. The summed E-state index contributed by atoms with van der Waals surface area (Å²) < 4.78 is 0.993. The van der Waals surface area contributed by atoms with Crippen molar-refractivity contribution in [1.82, 2.24) is 15.3 Å². The summed E-state index contributed by atoms with van der Waals surface area (Å²) in [7, 11) is 0. The molecule has 0 unspecified atom stereocenters. The molecular formula is C15H15BrN4O. The van der Waals surface area contributed by atoms with E-state index in [0.29, 0.717) is 18.2 Å². The van der Waals surface area contributed by atoms with Crippen molar-refractivity contribution in [1.29, 1.82) is 0 Å². The first-order valence-electron chi connectivity index (χ1n) is 6.35. The molecule has 0 aliphatic rings. The van der Waals surface area contributed by atoms with E-state index in [1.165, 1.54) is 0 Å². The van der Waals surface area contributed by atoms with Gasteiger partial charge in [0.2, 0.25) is 5.95 Å². The first-order valence-corrected chi connectivity index (χ1v) is 7.15. The molecular weight excluding hydrogens is 332 g/mol. The van der Waals surface area contributed by atoms with Crippen molar-refractivity contribution < 1.29 is 4.79 Å². The normalized spacial score (nSPS) is 10.0. The molecule has 0 fully saturated rings. The van der Waals surface area contributed by atoms with Gasteiger partial charge in [0, 0.05) is 22.9 Å². The molecule has 0 saturated heterocycles. The van der Waals surface area contributed by atoms with Gasteiger partial charge in [0.05, 0.1) is 0 Å². The molecule has 1 heterocycles. The Hall–Kier alpha value is -2.21. The minimum absolute atomic E-state index is 0.259. The Morgan fingerprint density at radius 2 is 2.24 bits per heavy atom. The van der Waals surface area contributed by atoms with Crippen LogP contribution in [-0.4, -0.2) is 22.4 Å². The summed E-state index contributed by atoms with van der Waals surface area (Å²) >= 11 is 3.47. The number of nitrogens with zero attached hydrogens (tertiary/aromatic N) is 2. The topological polar surface area (TPSA) is 66.9 Å². The van der Waals surface area contributed by atoms with Gasteiger partial charge in [-0.15, -0.1) is 6.58 Å². The molecule has 6 heteroatoms. The number of aromatic nitrogens is 2. The second kappa shape index (κ2) is 6.99. The predicted octanol–water partition coefficient (Wildman–Crippen LogP) is 3.21. The molecule has 0 aliphatic heterocycles.